The second kappa shape index (κ2) is 14.3. The fourth-order valence-electron chi connectivity index (χ4n) is 7.60. The van der Waals surface area contributed by atoms with Crippen LogP contribution in [0.3, 0.4) is 0 Å². The predicted octanol–water partition coefficient (Wildman–Crippen LogP) is 4.69. The van der Waals surface area contributed by atoms with E-state index in [1.54, 1.807) is 0 Å². The van der Waals surface area contributed by atoms with E-state index in [1.807, 2.05) is 47.4 Å². The van der Waals surface area contributed by atoms with Crippen molar-refractivity contribution in [2.75, 3.05) is 45.8 Å². The molecule has 3 atom stereocenters. The predicted molar refractivity (Wildman–Crippen MR) is 177 cm³/mol. The van der Waals surface area contributed by atoms with E-state index in [-0.39, 0.29) is 11.8 Å². The van der Waals surface area contributed by atoms with E-state index in [0.717, 1.165) is 56.1 Å². The molecule has 3 aliphatic heterocycles. The highest BCUT2D eigenvalue weighted by Gasteiger charge is 2.39. The van der Waals surface area contributed by atoms with Gasteiger partial charge in [-0.1, -0.05) is 61.8 Å². The van der Waals surface area contributed by atoms with Crippen LogP contribution < -0.4 is 10.6 Å². The van der Waals surface area contributed by atoms with Gasteiger partial charge < -0.3 is 20.4 Å². The van der Waals surface area contributed by atoms with Gasteiger partial charge in [0.15, 0.2) is 0 Å². The molecule has 0 radical (unpaired) electrons. The Morgan fingerprint density at radius 2 is 1.70 bits per heavy atom. The van der Waals surface area contributed by atoms with Gasteiger partial charge in [-0.3, -0.25) is 14.5 Å². The molecule has 238 valence electrons. The van der Waals surface area contributed by atoms with Crippen LogP contribution in [0.5, 0.6) is 0 Å². The van der Waals surface area contributed by atoms with E-state index in [9.17, 15) is 9.59 Å². The average Bonchev–Trinajstić information content (AvgIpc) is 3.71. The van der Waals surface area contributed by atoms with Crippen LogP contribution in [0.15, 0.2) is 48.5 Å². The van der Waals surface area contributed by atoms with Crippen LogP contribution in [0.4, 0.5) is 0 Å². The van der Waals surface area contributed by atoms with Gasteiger partial charge in [-0.2, -0.15) is 0 Å². The van der Waals surface area contributed by atoms with Crippen molar-refractivity contribution in [3.05, 3.63) is 70.2 Å². The van der Waals surface area contributed by atoms with Gasteiger partial charge in [0.1, 0.15) is 12.1 Å². The third-order valence-electron chi connectivity index (χ3n) is 10.1. The lowest BCUT2D eigenvalue weighted by atomic mass is 9.93. The Bertz CT molecular complexity index is 1270. The number of benzene rings is 2. The van der Waals surface area contributed by atoms with E-state index in [2.05, 4.69) is 40.3 Å². The molecular formula is C36H50ClN5O2. The summed E-state index contributed by atoms with van der Waals surface area (Å²) >= 11 is 6.17. The number of carbonyl (C=O) groups excluding carboxylic acids is 2. The average molecular weight is 620 g/mol. The largest absolute Gasteiger partial charge is 0.342 e. The highest BCUT2D eigenvalue weighted by Crippen LogP contribution is 2.32. The molecule has 6 rings (SSSR count). The molecule has 0 spiro atoms. The van der Waals surface area contributed by atoms with Gasteiger partial charge in [-0.25, -0.2) is 0 Å². The summed E-state index contributed by atoms with van der Waals surface area (Å²) in [6, 6.07) is 15.6. The lowest BCUT2D eigenvalue weighted by Gasteiger charge is -2.42. The molecule has 8 heteroatoms. The van der Waals surface area contributed by atoms with Crippen molar-refractivity contribution in [2.24, 2.45) is 11.8 Å². The zero-order valence-corrected chi connectivity index (χ0v) is 27.3. The second-order valence-corrected chi connectivity index (χ2v) is 14.5. The second-order valence-electron chi connectivity index (χ2n) is 14.0. The standard InChI is InChI=1S/C36H50ClN5O2/c1-25(2)22-42(30-14-18-40(19-15-30)23-27-7-8-27)31-16-20-41(24-31)36(44)33(21-26-9-11-29(37)12-10-26)39-35(43)34-32-6-4-3-5-28(32)13-17-38-34/h3-6,9-12,25,27,30-31,33-34,38H,7-8,13-24H2,1-2H3,(H,39,43)/t31-,33+,34+/m0/s1. The molecule has 4 aliphatic rings. The van der Waals surface area contributed by atoms with E-state index >= 15 is 0 Å². The summed E-state index contributed by atoms with van der Waals surface area (Å²) < 4.78 is 0. The Balaban J connectivity index is 1.14. The van der Waals surface area contributed by atoms with Crippen molar-refractivity contribution in [3.63, 3.8) is 0 Å². The molecule has 2 N–H and O–H groups in total. The van der Waals surface area contributed by atoms with Gasteiger partial charge in [-0.05, 0) is 92.3 Å². The lowest BCUT2D eigenvalue weighted by molar-refractivity contribution is -0.136. The number of amides is 2. The quantitative estimate of drug-likeness (QED) is 0.382. The minimum absolute atomic E-state index is 0.0173. The number of nitrogens with one attached hydrogen (secondary N) is 2. The zero-order chi connectivity index (χ0) is 30.6. The van der Waals surface area contributed by atoms with E-state index in [4.69, 9.17) is 11.6 Å². The first-order valence-corrected chi connectivity index (χ1v) is 17.3. The number of likely N-dealkylation sites (tertiary alicyclic amines) is 2. The molecule has 3 fully saturated rings. The molecule has 1 aliphatic carbocycles. The number of carbonyl (C=O) groups is 2. The summed E-state index contributed by atoms with van der Waals surface area (Å²) in [6.45, 7) is 11.6. The van der Waals surface area contributed by atoms with Crippen LogP contribution in [0.2, 0.25) is 5.02 Å². The molecule has 0 unspecified atom stereocenters. The molecule has 2 saturated heterocycles. The molecule has 2 aromatic carbocycles. The Morgan fingerprint density at radius 1 is 0.977 bits per heavy atom. The summed E-state index contributed by atoms with van der Waals surface area (Å²) in [5.41, 5.74) is 3.18. The number of piperidine rings is 1. The van der Waals surface area contributed by atoms with Gasteiger partial charge in [0.05, 0.1) is 0 Å². The van der Waals surface area contributed by atoms with Crippen LogP contribution >= 0.6 is 11.6 Å². The van der Waals surface area contributed by atoms with Crippen LogP contribution in [0.25, 0.3) is 0 Å². The van der Waals surface area contributed by atoms with Crippen molar-refractivity contribution < 1.29 is 9.59 Å². The van der Waals surface area contributed by atoms with Crippen molar-refractivity contribution in [1.29, 1.82) is 0 Å². The number of rotatable bonds is 11. The maximum atomic E-state index is 14.2. The Kier molecular flexibility index (Phi) is 10.3. The summed E-state index contributed by atoms with van der Waals surface area (Å²) in [5, 5.41) is 7.24. The molecule has 2 amide bonds. The first kappa shape index (κ1) is 31.5. The molecule has 0 aromatic heterocycles. The molecule has 1 saturated carbocycles. The number of hydrogen-bond acceptors (Lipinski definition) is 5. The zero-order valence-electron chi connectivity index (χ0n) is 26.5. The number of hydrogen-bond donors (Lipinski definition) is 2. The maximum Gasteiger partial charge on any atom is 0.245 e. The highest BCUT2D eigenvalue weighted by atomic mass is 35.5. The van der Waals surface area contributed by atoms with Gasteiger partial charge in [0.2, 0.25) is 11.8 Å². The molecule has 7 nitrogen and oxygen atoms in total. The van der Waals surface area contributed by atoms with Gasteiger partial charge in [-0.15, -0.1) is 0 Å². The topological polar surface area (TPSA) is 67.9 Å². The maximum absolute atomic E-state index is 14.2. The minimum Gasteiger partial charge on any atom is -0.342 e. The molecule has 3 heterocycles. The lowest BCUT2D eigenvalue weighted by Crippen LogP contribution is -2.54. The summed E-state index contributed by atoms with van der Waals surface area (Å²) in [7, 11) is 0. The van der Waals surface area contributed by atoms with Crippen LogP contribution in [0.1, 0.15) is 68.7 Å². The van der Waals surface area contributed by atoms with E-state index < -0.39 is 12.1 Å². The Hall–Kier alpha value is -2.45. The Labute approximate surface area is 268 Å². The van der Waals surface area contributed by atoms with Crippen LogP contribution in [0, 0.1) is 11.8 Å². The third kappa shape index (κ3) is 7.85. The minimum atomic E-state index is -0.637. The fraction of sp³-hybridized carbons (Fsp3) is 0.611. The van der Waals surface area contributed by atoms with Crippen LogP contribution in [-0.2, 0) is 22.4 Å². The van der Waals surface area contributed by atoms with Crippen LogP contribution in [-0.4, -0.2) is 90.5 Å². The van der Waals surface area contributed by atoms with Crippen molar-refractivity contribution >= 4 is 23.4 Å². The number of halogens is 1. The van der Waals surface area contributed by atoms with Crippen molar-refractivity contribution in [2.45, 2.75) is 83.0 Å². The summed E-state index contributed by atoms with van der Waals surface area (Å²) in [4.78, 5) is 35.4. The van der Waals surface area contributed by atoms with E-state index in [1.165, 1.54) is 50.9 Å². The SMILES string of the molecule is CC(C)CN(C1CCN(CC2CC2)CC1)[C@H]1CCN(C(=O)[C@@H](Cc2ccc(Cl)cc2)NC(=O)[C@@H]2NCCc3ccccc32)C1. The monoisotopic (exact) mass is 619 g/mol. The third-order valence-corrected chi connectivity index (χ3v) is 10.4. The summed E-state index contributed by atoms with van der Waals surface area (Å²) in [6.07, 6.45) is 7.58. The highest BCUT2D eigenvalue weighted by molar-refractivity contribution is 6.30. The number of fused-ring (bicyclic) bond motifs is 1. The van der Waals surface area contributed by atoms with Crippen molar-refractivity contribution in [1.82, 2.24) is 25.3 Å². The Morgan fingerprint density at radius 3 is 2.43 bits per heavy atom. The smallest absolute Gasteiger partial charge is 0.245 e. The number of nitrogens with zero attached hydrogens (tertiary/aromatic N) is 3. The fourth-order valence-corrected chi connectivity index (χ4v) is 7.73. The molecule has 0 bridgehead atoms. The first-order valence-electron chi connectivity index (χ1n) is 17.0. The normalized spacial score (nSPS) is 23.6. The molecule has 2 aromatic rings. The molecular weight excluding hydrogens is 570 g/mol. The van der Waals surface area contributed by atoms with Crippen molar-refractivity contribution in [3.8, 4) is 0 Å². The van der Waals surface area contributed by atoms with Gasteiger partial charge >= 0.3 is 0 Å². The summed E-state index contributed by atoms with van der Waals surface area (Å²) in [5.74, 6) is 1.40. The van der Waals surface area contributed by atoms with Gasteiger partial charge in [0, 0.05) is 56.3 Å². The van der Waals surface area contributed by atoms with E-state index in [0.29, 0.717) is 29.4 Å². The first-order chi connectivity index (χ1) is 21.3. The van der Waals surface area contributed by atoms with Gasteiger partial charge in [0.25, 0.3) is 0 Å². The molecule has 44 heavy (non-hydrogen) atoms.